The second-order valence-corrected chi connectivity index (χ2v) is 9.11. The number of ether oxygens (including phenoxy) is 1. The van der Waals surface area contributed by atoms with Crippen LogP contribution in [0.15, 0.2) is 48.0 Å². The SMILES string of the molecule is Cc1cc(C(=O)Nc2cc(Cl)ccc2N2CCOCC2)c2cnn(Cc3cccs3)c2n1. The minimum absolute atomic E-state index is 0.215. The molecule has 164 valence electrons. The molecule has 1 aromatic carbocycles. The van der Waals surface area contributed by atoms with Gasteiger partial charge >= 0.3 is 0 Å². The molecule has 0 aliphatic carbocycles. The topological polar surface area (TPSA) is 72.3 Å². The number of hydrogen-bond donors (Lipinski definition) is 1. The highest BCUT2D eigenvalue weighted by Gasteiger charge is 2.20. The Bertz CT molecular complexity index is 1270. The third kappa shape index (κ3) is 4.21. The summed E-state index contributed by atoms with van der Waals surface area (Å²) in [5.41, 5.74) is 3.61. The lowest BCUT2D eigenvalue weighted by Crippen LogP contribution is -2.36. The molecule has 0 bridgehead atoms. The maximum atomic E-state index is 13.4. The molecule has 1 saturated heterocycles. The predicted octanol–water partition coefficient (Wildman–Crippen LogP) is 4.59. The predicted molar refractivity (Wildman–Crippen MR) is 128 cm³/mol. The summed E-state index contributed by atoms with van der Waals surface area (Å²) in [5.74, 6) is -0.215. The monoisotopic (exact) mass is 467 g/mol. The van der Waals surface area contributed by atoms with Gasteiger partial charge in [-0.05, 0) is 42.6 Å². The van der Waals surface area contributed by atoms with Gasteiger partial charge in [0.05, 0.1) is 48.3 Å². The fourth-order valence-corrected chi connectivity index (χ4v) is 4.76. The van der Waals surface area contributed by atoms with Crippen molar-refractivity contribution < 1.29 is 9.53 Å². The van der Waals surface area contributed by atoms with Crippen molar-refractivity contribution in [1.82, 2.24) is 14.8 Å². The highest BCUT2D eigenvalue weighted by atomic mass is 35.5. The molecule has 4 heterocycles. The van der Waals surface area contributed by atoms with E-state index >= 15 is 0 Å². The molecule has 9 heteroatoms. The largest absolute Gasteiger partial charge is 0.378 e. The molecule has 0 saturated carbocycles. The van der Waals surface area contributed by atoms with E-state index < -0.39 is 0 Å². The van der Waals surface area contributed by atoms with E-state index in [1.807, 2.05) is 35.2 Å². The van der Waals surface area contributed by atoms with Crippen molar-refractivity contribution in [1.29, 1.82) is 0 Å². The fraction of sp³-hybridized carbons (Fsp3) is 0.261. The van der Waals surface area contributed by atoms with Gasteiger partial charge in [0.2, 0.25) is 0 Å². The van der Waals surface area contributed by atoms with Gasteiger partial charge < -0.3 is 15.0 Å². The normalized spacial score (nSPS) is 14.1. The number of pyridine rings is 1. The van der Waals surface area contributed by atoms with Gasteiger partial charge in [-0.2, -0.15) is 5.10 Å². The van der Waals surface area contributed by atoms with Crippen LogP contribution in [0.1, 0.15) is 20.9 Å². The number of morpholine rings is 1. The van der Waals surface area contributed by atoms with E-state index in [2.05, 4.69) is 26.4 Å². The molecule has 1 amide bonds. The number of halogens is 1. The van der Waals surface area contributed by atoms with Crippen molar-refractivity contribution in [3.8, 4) is 0 Å². The maximum Gasteiger partial charge on any atom is 0.256 e. The smallest absolute Gasteiger partial charge is 0.256 e. The molecule has 1 aliphatic heterocycles. The second kappa shape index (κ2) is 8.90. The summed E-state index contributed by atoms with van der Waals surface area (Å²) < 4.78 is 7.30. The molecular weight excluding hydrogens is 446 g/mol. The van der Waals surface area contributed by atoms with Gasteiger partial charge in [-0.1, -0.05) is 17.7 Å². The van der Waals surface area contributed by atoms with E-state index in [0.29, 0.717) is 41.7 Å². The molecule has 1 aliphatic rings. The van der Waals surface area contributed by atoms with Crippen LogP contribution in [0, 0.1) is 6.92 Å². The van der Waals surface area contributed by atoms with Crippen LogP contribution in [0.3, 0.4) is 0 Å². The Balaban J connectivity index is 1.48. The lowest BCUT2D eigenvalue weighted by molar-refractivity contribution is 0.102. The van der Waals surface area contributed by atoms with Gasteiger partial charge in [0.25, 0.3) is 5.91 Å². The van der Waals surface area contributed by atoms with Crippen molar-refractivity contribution >= 4 is 51.3 Å². The molecule has 3 aromatic heterocycles. The van der Waals surface area contributed by atoms with Crippen LogP contribution in [-0.4, -0.2) is 47.0 Å². The molecule has 0 radical (unpaired) electrons. The van der Waals surface area contributed by atoms with Crippen molar-refractivity contribution in [2.75, 3.05) is 36.5 Å². The number of fused-ring (bicyclic) bond motifs is 1. The molecule has 32 heavy (non-hydrogen) atoms. The van der Waals surface area contributed by atoms with Crippen LogP contribution < -0.4 is 10.2 Å². The zero-order chi connectivity index (χ0) is 22.1. The number of carbonyl (C=O) groups excluding carboxylic acids is 1. The zero-order valence-electron chi connectivity index (χ0n) is 17.5. The number of anilines is 2. The second-order valence-electron chi connectivity index (χ2n) is 7.65. The first-order chi connectivity index (χ1) is 15.6. The summed E-state index contributed by atoms with van der Waals surface area (Å²) in [4.78, 5) is 21.4. The van der Waals surface area contributed by atoms with E-state index in [0.717, 1.165) is 29.9 Å². The quantitative estimate of drug-likeness (QED) is 0.464. The van der Waals surface area contributed by atoms with Gasteiger partial charge in [0.15, 0.2) is 5.65 Å². The van der Waals surface area contributed by atoms with E-state index in [1.54, 1.807) is 29.7 Å². The number of thiophene rings is 1. The molecular formula is C23H22ClN5O2S. The van der Waals surface area contributed by atoms with Crippen molar-refractivity contribution in [3.63, 3.8) is 0 Å². The molecule has 1 N–H and O–H groups in total. The summed E-state index contributed by atoms with van der Waals surface area (Å²) in [7, 11) is 0. The zero-order valence-corrected chi connectivity index (χ0v) is 19.1. The molecule has 1 fully saturated rings. The molecule has 0 unspecified atom stereocenters. The maximum absolute atomic E-state index is 13.4. The van der Waals surface area contributed by atoms with Gasteiger partial charge in [-0.3, -0.25) is 4.79 Å². The average molecular weight is 468 g/mol. The summed E-state index contributed by atoms with van der Waals surface area (Å²) >= 11 is 7.93. The van der Waals surface area contributed by atoms with Crippen LogP contribution >= 0.6 is 22.9 Å². The molecule has 0 spiro atoms. The van der Waals surface area contributed by atoms with Crippen molar-refractivity contribution in [2.24, 2.45) is 0 Å². The summed E-state index contributed by atoms with van der Waals surface area (Å²) in [6, 6.07) is 11.4. The minimum Gasteiger partial charge on any atom is -0.378 e. The van der Waals surface area contributed by atoms with Gasteiger partial charge in [0, 0.05) is 28.7 Å². The summed E-state index contributed by atoms with van der Waals surface area (Å²) in [6.07, 6.45) is 1.71. The average Bonchev–Trinajstić information content (AvgIpc) is 3.44. The van der Waals surface area contributed by atoms with Crippen LogP contribution in [0.5, 0.6) is 0 Å². The first-order valence-corrected chi connectivity index (χ1v) is 11.6. The van der Waals surface area contributed by atoms with Crippen LogP contribution in [-0.2, 0) is 11.3 Å². The molecule has 5 rings (SSSR count). The number of carbonyl (C=O) groups is 1. The van der Waals surface area contributed by atoms with Gasteiger partial charge in [0.1, 0.15) is 0 Å². The van der Waals surface area contributed by atoms with E-state index in [-0.39, 0.29) is 5.91 Å². The van der Waals surface area contributed by atoms with Crippen LogP contribution in [0.4, 0.5) is 11.4 Å². The summed E-state index contributed by atoms with van der Waals surface area (Å²) in [5, 5.41) is 10.9. The van der Waals surface area contributed by atoms with Gasteiger partial charge in [-0.25, -0.2) is 9.67 Å². The first-order valence-electron chi connectivity index (χ1n) is 10.4. The Morgan fingerprint density at radius 3 is 2.88 bits per heavy atom. The number of aromatic nitrogens is 3. The number of aryl methyl sites for hydroxylation is 1. The van der Waals surface area contributed by atoms with Crippen molar-refractivity contribution in [2.45, 2.75) is 13.5 Å². The lowest BCUT2D eigenvalue weighted by atomic mass is 10.1. The number of amides is 1. The number of nitrogens with zero attached hydrogens (tertiary/aromatic N) is 4. The molecule has 4 aromatic rings. The number of nitrogens with one attached hydrogen (secondary N) is 1. The number of hydrogen-bond acceptors (Lipinski definition) is 6. The van der Waals surface area contributed by atoms with Crippen LogP contribution in [0.2, 0.25) is 5.02 Å². The number of rotatable bonds is 5. The number of benzene rings is 1. The van der Waals surface area contributed by atoms with E-state index in [1.165, 1.54) is 4.88 Å². The molecule has 7 nitrogen and oxygen atoms in total. The standard InChI is InChI=1S/C23H22ClN5O2S/c1-15-11-18(19-13-25-29(22(19)26-15)14-17-3-2-10-32-17)23(30)27-20-12-16(24)4-5-21(20)28-6-8-31-9-7-28/h2-5,10-13H,6-9,14H2,1H3,(H,27,30). The minimum atomic E-state index is -0.215. The van der Waals surface area contributed by atoms with Crippen molar-refractivity contribution in [3.05, 3.63) is 69.1 Å². The van der Waals surface area contributed by atoms with E-state index in [4.69, 9.17) is 16.3 Å². The fourth-order valence-electron chi connectivity index (χ4n) is 3.90. The highest BCUT2D eigenvalue weighted by Crippen LogP contribution is 2.31. The van der Waals surface area contributed by atoms with E-state index in [9.17, 15) is 4.79 Å². The lowest BCUT2D eigenvalue weighted by Gasteiger charge is -2.30. The Labute approximate surface area is 194 Å². The third-order valence-electron chi connectivity index (χ3n) is 5.43. The Morgan fingerprint density at radius 2 is 2.09 bits per heavy atom. The van der Waals surface area contributed by atoms with Gasteiger partial charge in [-0.15, -0.1) is 11.3 Å². The molecule has 0 atom stereocenters. The Kier molecular flexibility index (Phi) is 5.82. The summed E-state index contributed by atoms with van der Waals surface area (Å²) in [6.45, 7) is 5.34. The third-order valence-corrected chi connectivity index (χ3v) is 6.52. The Morgan fingerprint density at radius 1 is 1.25 bits per heavy atom. The Hall–Kier alpha value is -2.94. The highest BCUT2D eigenvalue weighted by molar-refractivity contribution is 7.09. The van der Waals surface area contributed by atoms with Crippen LogP contribution in [0.25, 0.3) is 11.0 Å². The first kappa shape index (κ1) is 20.9.